The average molecular weight is 290 g/mol. The SMILES string of the molecule is COCCCCN1C(=O)C(C)(C)NC(=O)c2ccccc21. The van der Waals surface area contributed by atoms with Crippen LogP contribution in [0.4, 0.5) is 5.69 Å². The van der Waals surface area contributed by atoms with Gasteiger partial charge in [0.25, 0.3) is 11.8 Å². The fraction of sp³-hybridized carbons (Fsp3) is 0.500. The van der Waals surface area contributed by atoms with Crippen LogP contribution in [0.5, 0.6) is 0 Å². The van der Waals surface area contributed by atoms with E-state index < -0.39 is 5.54 Å². The first-order valence-electron chi connectivity index (χ1n) is 7.20. The van der Waals surface area contributed by atoms with Gasteiger partial charge >= 0.3 is 0 Å². The summed E-state index contributed by atoms with van der Waals surface area (Å²) >= 11 is 0. The van der Waals surface area contributed by atoms with E-state index >= 15 is 0 Å². The zero-order chi connectivity index (χ0) is 15.5. The first-order valence-corrected chi connectivity index (χ1v) is 7.20. The molecule has 0 aromatic heterocycles. The second kappa shape index (κ2) is 6.26. The lowest BCUT2D eigenvalue weighted by Gasteiger charge is -2.29. The first kappa shape index (κ1) is 15.5. The van der Waals surface area contributed by atoms with Gasteiger partial charge in [-0.15, -0.1) is 0 Å². The van der Waals surface area contributed by atoms with E-state index in [2.05, 4.69) is 5.32 Å². The summed E-state index contributed by atoms with van der Waals surface area (Å²) in [7, 11) is 1.66. The largest absolute Gasteiger partial charge is 0.385 e. The van der Waals surface area contributed by atoms with E-state index in [-0.39, 0.29) is 11.8 Å². The van der Waals surface area contributed by atoms with Crippen LogP contribution >= 0.6 is 0 Å². The number of methoxy groups -OCH3 is 1. The number of carbonyl (C=O) groups excluding carboxylic acids is 2. The summed E-state index contributed by atoms with van der Waals surface area (Å²) in [6.45, 7) is 4.73. The number of nitrogens with one attached hydrogen (secondary N) is 1. The molecule has 0 spiro atoms. The number of nitrogens with zero attached hydrogens (tertiary/aromatic N) is 1. The lowest BCUT2D eigenvalue weighted by Crippen LogP contribution is -2.54. The zero-order valence-electron chi connectivity index (χ0n) is 12.8. The number of benzene rings is 1. The van der Waals surface area contributed by atoms with Crippen LogP contribution in [0.2, 0.25) is 0 Å². The molecular formula is C16H22N2O3. The normalized spacial score (nSPS) is 17.2. The van der Waals surface area contributed by atoms with Gasteiger partial charge in [0, 0.05) is 20.3 Å². The summed E-state index contributed by atoms with van der Waals surface area (Å²) in [5, 5.41) is 2.80. The number of fused-ring (bicyclic) bond motifs is 1. The van der Waals surface area contributed by atoms with Crippen molar-refractivity contribution in [2.45, 2.75) is 32.2 Å². The lowest BCUT2D eigenvalue weighted by molar-refractivity contribution is -0.123. The Morgan fingerprint density at radius 3 is 2.62 bits per heavy atom. The van der Waals surface area contributed by atoms with Crippen LogP contribution < -0.4 is 10.2 Å². The molecule has 0 saturated carbocycles. The van der Waals surface area contributed by atoms with Gasteiger partial charge in [-0.2, -0.15) is 0 Å². The zero-order valence-corrected chi connectivity index (χ0v) is 12.8. The Balaban J connectivity index is 2.31. The van der Waals surface area contributed by atoms with Crippen molar-refractivity contribution in [1.82, 2.24) is 5.32 Å². The van der Waals surface area contributed by atoms with E-state index in [1.54, 1.807) is 31.9 Å². The predicted octanol–water partition coefficient (Wildman–Crippen LogP) is 1.97. The summed E-state index contributed by atoms with van der Waals surface area (Å²) in [6, 6.07) is 7.23. The maximum atomic E-state index is 12.7. The molecule has 0 unspecified atom stereocenters. The third-order valence-electron chi connectivity index (χ3n) is 3.63. The average Bonchev–Trinajstić information content (AvgIpc) is 2.52. The van der Waals surface area contributed by atoms with Crippen molar-refractivity contribution in [3.8, 4) is 0 Å². The highest BCUT2D eigenvalue weighted by Gasteiger charge is 2.38. The molecule has 1 aromatic rings. The standard InChI is InChI=1S/C16H22N2O3/c1-16(2)15(20)18(10-6-7-11-21-3)13-9-5-4-8-12(13)14(19)17-16/h4-5,8-9H,6-7,10-11H2,1-3H3,(H,17,19). The van der Waals surface area contributed by atoms with E-state index in [0.717, 1.165) is 12.8 Å². The Morgan fingerprint density at radius 1 is 1.19 bits per heavy atom. The summed E-state index contributed by atoms with van der Waals surface area (Å²) in [4.78, 5) is 26.7. The molecule has 0 bridgehead atoms. The van der Waals surface area contributed by atoms with Gasteiger partial charge in [0.1, 0.15) is 5.54 Å². The number of anilines is 1. The van der Waals surface area contributed by atoms with Gasteiger partial charge in [0.15, 0.2) is 0 Å². The van der Waals surface area contributed by atoms with Crippen molar-refractivity contribution >= 4 is 17.5 Å². The molecule has 1 N–H and O–H groups in total. The van der Waals surface area contributed by atoms with Crippen LogP contribution in [0.1, 0.15) is 37.0 Å². The minimum Gasteiger partial charge on any atom is -0.385 e. The topological polar surface area (TPSA) is 58.6 Å². The van der Waals surface area contributed by atoms with Crippen molar-refractivity contribution in [2.75, 3.05) is 25.2 Å². The second-order valence-electron chi connectivity index (χ2n) is 5.75. The van der Waals surface area contributed by atoms with Crippen LogP contribution in [-0.2, 0) is 9.53 Å². The fourth-order valence-electron chi connectivity index (χ4n) is 2.49. The summed E-state index contributed by atoms with van der Waals surface area (Å²) in [5.41, 5.74) is 0.323. The van der Waals surface area contributed by atoms with Gasteiger partial charge in [-0.1, -0.05) is 12.1 Å². The molecule has 5 heteroatoms. The van der Waals surface area contributed by atoms with Crippen LogP contribution in [-0.4, -0.2) is 37.6 Å². The first-order chi connectivity index (χ1) is 9.97. The molecule has 0 fully saturated rings. The predicted molar refractivity (Wildman–Crippen MR) is 81.5 cm³/mol. The highest BCUT2D eigenvalue weighted by Crippen LogP contribution is 2.27. The van der Waals surface area contributed by atoms with Crippen molar-refractivity contribution in [1.29, 1.82) is 0 Å². The monoisotopic (exact) mass is 290 g/mol. The number of amides is 2. The third-order valence-corrected chi connectivity index (χ3v) is 3.63. The number of ether oxygens (including phenoxy) is 1. The van der Waals surface area contributed by atoms with Gasteiger partial charge in [-0.25, -0.2) is 0 Å². The van der Waals surface area contributed by atoms with Gasteiger partial charge in [0.2, 0.25) is 0 Å². The molecule has 2 amide bonds. The van der Waals surface area contributed by atoms with Crippen LogP contribution in [0.15, 0.2) is 24.3 Å². The lowest BCUT2D eigenvalue weighted by atomic mass is 10.0. The molecule has 2 rings (SSSR count). The molecular weight excluding hydrogens is 268 g/mol. The molecule has 0 aliphatic carbocycles. The number of para-hydroxylation sites is 1. The number of unbranched alkanes of at least 4 members (excludes halogenated alkanes) is 1. The van der Waals surface area contributed by atoms with E-state index in [0.29, 0.717) is 24.4 Å². The maximum absolute atomic E-state index is 12.7. The Morgan fingerprint density at radius 2 is 1.90 bits per heavy atom. The van der Waals surface area contributed by atoms with Gasteiger partial charge in [-0.3, -0.25) is 9.59 Å². The summed E-state index contributed by atoms with van der Waals surface area (Å²) in [5.74, 6) is -0.290. The van der Waals surface area contributed by atoms with Gasteiger partial charge in [-0.05, 0) is 38.8 Å². The molecule has 114 valence electrons. The smallest absolute Gasteiger partial charge is 0.254 e. The van der Waals surface area contributed by atoms with E-state index in [1.165, 1.54) is 0 Å². The molecule has 1 heterocycles. The van der Waals surface area contributed by atoms with Crippen LogP contribution in [0, 0.1) is 0 Å². The van der Waals surface area contributed by atoms with Crippen molar-refractivity contribution in [2.24, 2.45) is 0 Å². The number of hydrogen-bond acceptors (Lipinski definition) is 3. The Labute approximate surface area is 125 Å². The number of carbonyl (C=O) groups is 2. The fourth-order valence-corrected chi connectivity index (χ4v) is 2.49. The van der Waals surface area contributed by atoms with Gasteiger partial charge < -0.3 is 15.0 Å². The molecule has 1 aromatic carbocycles. The van der Waals surface area contributed by atoms with Gasteiger partial charge in [0.05, 0.1) is 11.3 Å². The minimum atomic E-state index is -0.905. The Hall–Kier alpha value is -1.88. The molecule has 0 saturated heterocycles. The van der Waals surface area contributed by atoms with E-state index in [4.69, 9.17) is 4.74 Å². The third kappa shape index (κ3) is 3.24. The van der Waals surface area contributed by atoms with Crippen molar-refractivity contribution in [3.63, 3.8) is 0 Å². The Bertz CT molecular complexity index is 540. The van der Waals surface area contributed by atoms with E-state index in [9.17, 15) is 9.59 Å². The summed E-state index contributed by atoms with van der Waals surface area (Å²) < 4.78 is 5.04. The molecule has 5 nitrogen and oxygen atoms in total. The molecule has 1 aliphatic heterocycles. The van der Waals surface area contributed by atoms with Crippen LogP contribution in [0.25, 0.3) is 0 Å². The second-order valence-corrected chi connectivity index (χ2v) is 5.75. The van der Waals surface area contributed by atoms with E-state index in [1.807, 2.05) is 18.2 Å². The van der Waals surface area contributed by atoms with Crippen LogP contribution in [0.3, 0.4) is 0 Å². The Kier molecular flexibility index (Phi) is 4.63. The quantitative estimate of drug-likeness (QED) is 0.843. The highest BCUT2D eigenvalue weighted by atomic mass is 16.5. The van der Waals surface area contributed by atoms with Crippen molar-refractivity contribution in [3.05, 3.63) is 29.8 Å². The molecule has 21 heavy (non-hydrogen) atoms. The summed E-state index contributed by atoms with van der Waals surface area (Å²) in [6.07, 6.45) is 1.71. The van der Waals surface area contributed by atoms with Crippen molar-refractivity contribution < 1.29 is 14.3 Å². The maximum Gasteiger partial charge on any atom is 0.254 e. The number of rotatable bonds is 5. The minimum absolute atomic E-state index is 0.0850. The highest BCUT2D eigenvalue weighted by molar-refractivity contribution is 6.12. The molecule has 0 atom stereocenters. The number of hydrogen-bond donors (Lipinski definition) is 1. The molecule has 1 aliphatic rings. The molecule has 0 radical (unpaired) electrons.